The molecule has 13 heavy (non-hydrogen) atoms. The molecule has 0 aromatic carbocycles. The zero-order valence-electron chi connectivity index (χ0n) is 9.42. The summed E-state index contributed by atoms with van der Waals surface area (Å²) in [6.07, 6.45) is 4.43. The molecule has 0 unspecified atom stereocenters. The molecule has 0 rings (SSSR count). The molecule has 0 amide bonds. The van der Waals surface area contributed by atoms with Crippen molar-refractivity contribution in [2.45, 2.75) is 46.1 Å². The van der Waals surface area contributed by atoms with Crippen LogP contribution in [-0.4, -0.2) is 30.8 Å². The largest absolute Gasteiger partial charge is 0.302 e. The van der Waals surface area contributed by atoms with Gasteiger partial charge >= 0.3 is 0 Å². The second kappa shape index (κ2) is 7.07. The molecule has 0 spiro atoms. The number of unbranched alkanes of at least 4 members (excludes halogenated alkanes) is 1. The molecule has 2 nitrogen and oxygen atoms in total. The zero-order chi connectivity index (χ0) is 10.3. The molecule has 0 aromatic heterocycles. The smallest absolute Gasteiger partial charge is 0.137 e. The number of aldehydes is 1. The fourth-order valence-corrected chi connectivity index (χ4v) is 1.40. The van der Waals surface area contributed by atoms with Crippen molar-refractivity contribution in [2.75, 3.05) is 13.6 Å². The lowest BCUT2D eigenvalue weighted by molar-refractivity contribution is -0.112. The molecule has 0 saturated carbocycles. The van der Waals surface area contributed by atoms with Gasteiger partial charge in [-0.25, -0.2) is 0 Å². The van der Waals surface area contributed by atoms with Crippen molar-refractivity contribution < 1.29 is 4.79 Å². The molecule has 0 N–H and O–H groups in total. The van der Waals surface area contributed by atoms with Gasteiger partial charge in [0.1, 0.15) is 6.29 Å². The van der Waals surface area contributed by atoms with Crippen molar-refractivity contribution in [2.24, 2.45) is 5.92 Å². The second-order valence-electron chi connectivity index (χ2n) is 4.17. The van der Waals surface area contributed by atoms with Crippen molar-refractivity contribution in [1.29, 1.82) is 0 Å². The van der Waals surface area contributed by atoms with Crippen molar-refractivity contribution in [3.05, 3.63) is 0 Å². The van der Waals surface area contributed by atoms with E-state index in [1.54, 1.807) is 0 Å². The quantitative estimate of drug-likeness (QED) is 0.567. The fraction of sp³-hybridized carbons (Fsp3) is 0.909. The molecule has 0 aliphatic heterocycles. The van der Waals surface area contributed by atoms with Gasteiger partial charge < -0.3 is 4.79 Å². The van der Waals surface area contributed by atoms with Crippen molar-refractivity contribution in [3.8, 4) is 0 Å². The molecule has 0 radical (unpaired) electrons. The normalized spacial score (nSPS) is 13.7. The summed E-state index contributed by atoms with van der Waals surface area (Å²) in [6.45, 7) is 7.52. The molecule has 0 aromatic rings. The molecular weight excluding hydrogens is 162 g/mol. The van der Waals surface area contributed by atoms with Gasteiger partial charge in [-0.05, 0) is 32.4 Å². The summed E-state index contributed by atoms with van der Waals surface area (Å²) in [4.78, 5) is 13.0. The predicted octanol–water partition coefficient (Wildman–Crippen LogP) is 2.33. The van der Waals surface area contributed by atoms with E-state index in [4.69, 9.17) is 0 Å². The minimum Gasteiger partial charge on any atom is -0.302 e. The van der Waals surface area contributed by atoms with Crippen molar-refractivity contribution in [3.63, 3.8) is 0 Å². The zero-order valence-corrected chi connectivity index (χ0v) is 9.42. The van der Waals surface area contributed by atoms with E-state index in [2.05, 4.69) is 25.7 Å². The topological polar surface area (TPSA) is 20.3 Å². The lowest BCUT2D eigenvalue weighted by atomic mass is 10.0. The van der Waals surface area contributed by atoms with Crippen molar-refractivity contribution >= 4 is 6.29 Å². The molecule has 0 fully saturated rings. The first-order valence-electron chi connectivity index (χ1n) is 5.27. The van der Waals surface area contributed by atoms with Gasteiger partial charge in [0, 0.05) is 0 Å². The van der Waals surface area contributed by atoms with Crippen LogP contribution in [0.25, 0.3) is 0 Å². The van der Waals surface area contributed by atoms with Gasteiger partial charge in [-0.3, -0.25) is 4.90 Å². The maximum absolute atomic E-state index is 10.8. The third kappa shape index (κ3) is 5.81. The SMILES string of the molecule is CCCCN(C)[C@H](C=O)CC(C)C. The van der Waals surface area contributed by atoms with Crippen LogP contribution < -0.4 is 0 Å². The Labute approximate surface area is 82.3 Å². The highest BCUT2D eigenvalue weighted by molar-refractivity contribution is 5.57. The van der Waals surface area contributed by atoms with Gasteiger partial charge in [-0.1, -0.05) is 27.2 Å². The number of nitrogens with zero attached hydrogens (tertiary/aromatic N) is 1. The van der Waals surface area contributed by atoms with Crippen LogP contribution in [0.5, 0.6) is 0 Å². The van der Waals surface area contributed by atoms with Gasteiger partial charge in [0.05, 0.1) is 6.04 Å². The molecule has 0 aliphatic carbocycles. The Morgan fingerprint density at radius 2 is 2.00 bits per heavy atom. The minimum atomic E-state index is 0.117. The average molecular weight is 185 g/mol. The van der Waals surface area contributed by atoms with E-state index in [9.17, 15) is 4.79 Å². The summed E-state index contributed by atoms with van der Waals surface area (Å²) in [5.41, 5.74) is 0. The molecule has 2 heteroatoms. The number of hydrogen-bond donors (Lipinski definition) is 0. The Bertz CT molecular complexity index is 134. The molecule has 0 heterocycles. The molecular formula is C11H23NO. The summed E-state index contributed by atoms with van der Waals surface area (Å²) < 4.78 is 0. The minimum absolute atomic E-state index is 0.117. The highest BCUT2D eigenvalue weighted by Crippen LogP contribution is 2.08. The van der Waals surface area contributed by atoms with Gasteiger partial charge in [0.15, 0.2) is 0 Å². The average Bonchev–Trinajstić information content (AvgIpc) is 2.09. The summed E-state index contributed by atoms with van der Waals surface area (Å²) >= 11 is 0. The first-order valence-corrected chi connectivity index (χ1v) is 5.27. The maximum Gasteiger partial charge on any atom is 0.137 e. The van der Waals surface area contributed by atoms with Crippen LogP contribution in [0.15, 0.2) is 0 Å². The van der Waals surface area contributed by atoms with Gasteiger partial charge in [-0.2, -0.15) is 0 Å². The van der Waals surface area contributed by atoms with E-state index in [0.717, 1.165) is 19.3 Å². The lowest BCUT2D eigenvalue weighted by Crippen LogP contribution is -2.34. The standard InChI is InChI=1S/C11H23NO/c1-5-6-7-12(4)11(9-13)8-10(2)3/h9-11H,5-8H2,1-4H3/t11-/m0/s1. The second-order valence-corrected chi connectivity index (χ2v) is 4.17. The summed E-state index contributed by atoms with van der Waals surface area (Å²) in [5.74, 6) is 0.597. The molecule has 1 atom stereocenters. The Morgan fingerprint density at radius 3 is 2.38 bits per heavy atom. The highest BCUT2D eigenvalue weighted by Gasteiger charge is 2.14. The summed E-state index contributed by atoms with van der Waals surface area (Å²) in [5, 5.41) is 0. The van der Waals surface area contributed by atoms with Gasteiger partial charge in [0.25, 0.3) is 0 Å². The lowest BCUT2D eigenvalue weighted by Gasteiger charge is -2.24. The summed E-state index contributed by atoms with van der Waals surface area (Å²) in [7, 11) is 2.04. The predicted molar refractivity (Wildman–Crippen MR) is 56.8 cm³/mol. The van der Waals surface area contributed by atoms with E-state index < -0.39 is 0 Å². The summed E-state index contributed by atoms with van der Waals surface area (Å²) in [6, 6.07) is 0.117. The first kappa shape index (κ1) is 12.6. The molecule has 0 saturated heterocycles. The van der Waals surface area contributed by atoms with E-state index in [1.165, 1.54) is 12.8 Å². The van der Waals surface area contributed by atoms with Gasteiger partial charge in [0.2, 0.25) is 0 Å². The number of carbonyl (C=O) groups excluding carboxylic acids is 1. The molecule has 0 bridgehead atoms. The van der Waals surface area contributed by atoms with Crippen LogP contribution in [0.4, 0.5) is 0 Å². The highest BCUT2D eigenvalue weighted by atomic mass is 16.1. The monoisotopic (exact) mass is 185 g/mol. The van der Waals surface area contributed by atoms with E-state index in [0.29, 0.717) is 5.92 Å². The van der Waals surface area contributed by atoms with E-state index in [-0.39, 0.29) is 6.04 Å². The van der Waals surface area contributed by atoms with Crippen LogP contribution in [0.3, 0.4) is 0 Å². The number of carbonyl (C=O) groups is 1. The van der Waals surface area contributed by atoms with E-state index in [1.807, 2.05) is 7.05 Å². The Hall–Kier alpha value is -0.370. The third-order valence-corrected chi connectivity index (χ3v) is 2.30. The Kier molecular flexibility index (Phi) is 6.87. The van der Waals surface area contributed by atoms with E-state index >= 15 is 0 Å². The number of rotatable bonds is 7. The molecule has 0 aliphatic rings. The van der Waals surface area contributed by atoms with Crippen LogP contribution in [0.2, 0.25) is 0 Å². The van der Waals surface area contributed by atoms with Crippen LogP contribution in [0.1, 0.15) is 40.0 Å². The van der Waals surface area contributed by atoms with Crippen LogP contribution >= 0.6 is 0 Å². The van der Waals surface area contributed by atoms with Gasteiger partial charge in [-0.15, -0.1) is 0 Å². The number of likely N-dealkylation sites (N-methyl/N-ethyl adjacent to an activating group) is 1. The van der Waals surface area contributed by atoms with Crippen LogP contribution in [0, 0.1) is 5.92 Å². The Balaban J connectivity index is 3.84. The Morgan fingerprint density at radius 1 is 1.38 bits per heavy atom. The number of hydrogen-bond acceptors (Lipinski definition) is 2. The third-order valence-electron chi connectivity index (χ3n) is 2.30. The fourth-order valence-electron chi connectivity index (χ4n) is 1.40. The molecule has 78 valence electrons. The maximum atomic E-state index is 10.8. The first-order chi connectivity index (χ1) is 6.11. The van der Waals surface area contributed by atoms with Crippen LogP contribution in [-0.2, 0) is 4.79 Å². The van der Waals surface area contributed by atoms with Crippen molar-refractivity contribution in [1.82, 2.24) is 4.90 Å².